The molecule has 0 radical (unpaired) electrons. The van der Waals surface area contributed by atoms with Crippen LogP contribution >= 0.6 is 0 Å². The molecule has 0 aromatic carbocycles. The summed E-state index contributed by atoms with van der Waals surface area (Å²) in [6, 6.07) is 0. The van der Waals surface area contributed by atoms with E-state index in [1.807, 2.05) is 0 Å². The zero-order valence-corrected chi connectivity index (χ0v) is 8.62. The van der Waals surface area contributed by atoms with Crippen molar-refractivity contribution in [2.24, 2.45) is 7.05 Å². The van der Waals surface area contributed by atoms with Crippen LogP contribution in [0.3, 0.4) is 0 Å². The molecule has 0 spiro atoms. The van der Waals surface area contributed by atoms with Crippen molar-refractivity contribution in [3.05, 3.63) is 23.8 Å². The molecule has 0 bridgehead atoms. The lowest BCUT2D eigenvalue weighted by Crippen LogP contribution is -2.05. The van der Waals surface area contributed by atoms with Crippen molar-refractivity contribution in [2.45, 2.75) is 0 Å². The summed E-state index contributed by atoms with van der Waals surface area (Å²) in [7, 11) is 1.66. The molecule has 0 aliphatic heterocycles. The van der Waals surface area contributed by atoms with E-state index in [1.54, 1.807) is 7.05 Å². The summed E-state index contributed by atoms with van der Waals surface area (Å²) in [6.07, 6.45) is 2.92. The number of carboxylic acids is 2. The lowest BCUT2D eigenvalue weighted by molar-refractivity contribution is 0.0624. The summed E-state index contributed by atoms with van der Waals surface area (Å²) in [5.41, 5.74) is -0.223. The van der Waals surface area contributed by atoms with Crippen LogP contribution in [0.15, 0.2) is 16.8 Å². The average Bonchev–Trinajstić information content (AvgIpc) is 2.82. The molecule has 8 nitrogen and oxygen atoms in total. The number of rotatable bonds is 3. The van der Waals surface area contributed by atoms with Crippen molar-refractivity contribution in [3.8, 4) is 11.5 Å². The molecule has 8 heteroatoms. The fourth-order valence-electron chi connectivity index (χ4n) is 1.27. The fourth-order valence-corrected chi connectivity index (χ4v) is 1.27. The lowest BCUT2D eigenvalue weighted by atomic mass is 10.3. The second-order valence-corrected chi connectivity index (χ2v) is 3.21. The molecule has 0 saturated carbocycles. The lowest BCUT2D eigenvalue weighted by Gasteiger charge is -1.87. The van der Waals surface area contributed by atoms with Crippen molar-refractivity contribution < 1.29 is 24.2 Å². The average molecular weight is 237 g/mol. The van der Waals surface area contributed by atoms with E-state index in [2.05, 4.69) is 10.1 Å². The van der Waals surface area contributed by atoms with Gasteiger partial charge in [0.25, 0.3) is 0 Å². The standard InChI is InChI=1S/C9H7N3O5/c1-12-3-4(2-10-12)7-11-5(8(13)14)6(17-7)9(15)16/h2-3H,1H3,(H,13,14)(H,15,16). The summed E-state index contributed by atoms with van der Waals surface area (Å²) in [5.74, 6) is -3.73. The zero-order chi connectivity index (χ0) is 12.6. The Morgan fingerprint density at radius 1 is 1.35 bits per heavy atom. The van der Waals surface area contributed by atoms with Gasteiger partial charge in [0.15, 0.2) is 0 Å². The van der Waals surface area contributed by atoms with Crippen LogP contribution in [-0.2, 0) is 7.05 Å². The zero-order valence-electron chi connectivity index (χ0n) is 8.62. The molecule has 2 aromatic heterocycles. The summed E-state index contributed by atoms with van der Waals surface area (Å²) in [6.45, 7) is 0. The van der Waals surface area contributed by atoms with Crippen LogP contribution in [0.25, 0.3) is 11.5 Å². The van der Waals surface area contributed by atoms with Gasteiger partial charge in [-0.2, -0.15) is 5.10 Å². The maximum absolute atomic E-state index is 10.8. The summed E-state index contributed by atoms with van der Waals surface area (Å²) in [5, 5.41) is 21.4. The Morgan fingerprint density at radius 2 is 2.06 bits per heavy atom. The van der Waals surface area contributed by atoms with Crippen molar-refractivity contribution in [3.63, 3.8) is 0 Å². The van der Waals surface area contributed by atoms with Gasteiger partial charge >= 0.3 is 11.9 Å². The first kappa shape index (κ1) is 10.9. The predicted octanol–water partition coefficient (Wildman–Crippen LogP) is 0.471. The first-order chi connectivity index (χ1) is 7.99. The number of aromatic carboxylic acids is 2. The van der Waals surface area contributed by atoms with Gasteiger partial charge in [0.05, 0.1) is 11.8 Å². The number of aromatic nitrogens is 3. The van der Waals surface area contributed by atoms with Crippen LogP contribution in [0.5, 0.6) is 0 Å². The number of hydrogen-bond donors (Lipinski definition) is 2. The molecular formula is C9H7N3O5. The van der Waals surface area contributed by atoms with Crippen molar-refractivity contribution in [1.29, 1.82) is 0 Å². The molecular weight excluding hydrogens is 230 g/mol. The van der Waals surface area contributed by atoms with E-state index >= 15 is 0 Å². The van der Waals surface area contributed by atoms with E-state index in [4.69, 9.17) is 14.6 Å². The van der Waals surface area contributed by atoms with Gasteiger partial charge in [-0.05, 0) is 0 Å². The van der Waals surface area contributed by atoms with E-state index < -0.39 is 23.4 Å². The molecule has 2 rings (SSSR count). The Bertz CT molecular complexity index is 566. The third-order valence-electron chi connectivity index (χ3n) is 1.98. The maximum atomic E-state index is 10.8. The molecule has 0 amide bonds. The predicted molar refractivity (Wildman–Crippen MR) is 52.6 cm³/mol. The second-order valence-electron chi connectivity index (χ2n) is 3.21. The number of nitrogens with zero attached hydrogens (tertiary/aromatic N) is 3. The third kappa shape index (κ3) is 1.87. The van der Waals surface area contributed by atoms with E-state index in [1.165, 1.54) is 17.1 Å². The molecule has 2 heterocycles. The van der Waals surface area contributed by atoms with E-state index in [9.17, 15) is 9.59 Å². The van der Waals surface area contributed by atoms with Crippen molar-refractivity contribution >= 4 is 11.9 Å². The highest BCUT2D eigenvalue weighted by molar-refractivity contribution is 5.98. The topological polar surface area (TPSA) is 118 Å². The smallest absolute Gasteiger partial charge is 0.374 e. The molecule has 17 heavy (non-hydrogen) atoms. The third-order valence-corrected chi connectivity index (χ3v) is 1.98. The van der Waals surface area contributed by atoms with Gasteiger partial charge in [0.2, 0.25) is 17.3 Å². The van der Waals surface area contributed by atoms with Crippen molar-refractivity contribution in [1.82, 2.24) is 14.8 Å². The minimum Gasteiger partial charge on any atom is -0.476 e. The number of hydrogen-bond acceptors (Lipinski definition) is 5. The van der Waals surface area contributed by atoms with Crippen LogP contribution in [-0.4, -0.2) is 36.9 Å². The van der Waals surface area contributed by atoms with Gasteiger partial charge in [0.1, 0.15) is 0 Å². The molecule has 0 saturated heterocycles. The second kappa shape index (κ2) is 3.74. The van der Waals surface area contributed by atoms with Crippen LogP contribution in [0, 0.1) is 0 Å². The highest BCUT2D eigenvalue weighted by Crippen LogP contribution is 2.21. The molecule has 0 fully saturated rings. The molecule has 2 aromatic rings. The largest absolute Gasteiger partial charge is 0.476 e. The number of carbonyl (C=O) groups is 2. The van der Waals surface area contributed by atoms with Crippen molar-refractivity contribution in [2.75, 3.05) is 0 Å². The Balaban J connectivity index is 2.54. The monoisotopic (exact) mass is 237 g/mol. The Morgan fingerprint density at radius 3 is 2.47 bits per heavy atom. The van der Waals surface area contributed by atoms with Gasteiger partial charge in [-0.15, -0.1) is 0 Å². The molecule has 0 aliphatic carbocycles. The Kier molecular flexibility index (Phi) is 2.39. The molecule has 88 valence electrons. The van der Waals surface area contributed by atoms with Crippen LogP contribution < -0.4 is 0 Å². The number of oxazole rings is 1. The minimum absolute atomic E-state index is 0.0899. The van der Waals surface area contributed by atoms with Gasteiger partial charge in [-0.1, -0.05) is 0 Å². The first-order valence-electron chi connectivity index (χ1n) is 4.45. The quantitative estimate of drug-likeness (QED) is 0.796. The molecule has 0 atom stereocenters. The normalized spacial score (nSPS) is 10.4. The fraction of sp³-hybridized carbons (Fsp3) is 0.111. The van der Waals surface area contributed by atoms with Crippen LogP contribution in [0.2, 0.25) is 0 Å². The summed E-state index contributed by atoms with van der Waals surface area (Å²) >= 11 is 0. The van der Waals surface area contributed by atoms with Gasteiger partial charge in [-0.3, -0.25) is 4.68 Å². The van der Waals surface area contributed by atoms with E-state index in [0.717, 1.165) is 0 Å². The Labute approximate surface area is 94.1 Å². The highest BCUT2D eigenvalue weighted by Gasteiger charge is 2.25. The van der Waals surface area contributed by atoms with E-state index in [-0.39, 0.29) is 5.89 Å². The van der Waals surface area contributed by atoms with E-state index in [0.29, 0.717) is 5.56 Å². The van der Waals surface area contributed by atoms with Gasteiger partial charge in [0, 0.05) is 13.2 Å². The summed E-state index contributed by atoms with van der Waals surface area (Å²) < 4.78 is 6.35. The molecule has 2 N–H and O–H groups in total. The number of carboxylic acid groups (broad SMARTS) is 2. The minimum atomic E-state index is -1.48. The van der Waals surface area contributed by atoms with Crippen LogP contribution in [0.4, 0.5) is 0 Å². The summed E-state index contributed by atoms with van der Waals surface area (Å²) in [4.78, 5) is 25.1. The Hall–Kier alpha value is -2.64. The maximum Gasteiger partial charge on any atom is 0.374 e. The number of aryl methyl sites for hydroxylation is 1. The van der Waals surface area contributed by atoms with Gasteiger partial charge < -0.3 is 14.6 Å². The SMILES string of the molecule is Cn1cc(-c2nc(C(=O)O)c(C(=O)O)o2)cn1. The molecule has 0 aliphatic rings. The van der Waals surface area contributed by atoms with Crippen LogP contribution in [0.1, 0.15) is 21.0 Å². The first-order valence-corrected chi connectivity index (χ1v) is 4.45. The highest BCUT2D eigenvalue weighted by atomic mass is 16.4. The molecule has 0 unspecified atom stereocenters. The van der Waals surface area contributed by atoms with Gasteiger partial charge in [-0.25, -0.2) is 14.6 Å².